The number of nitrogens with one attached hydrogen (secondary N) is 2. The van der Waals surface area contributed by atoms with Crippen LogP contribution in [0.1, 0.15) is 0 Å². The van der Waals surface area contributed by atoms with Gasteiger partial charge in [-0.2, -0.15) is 0 Å². The summed E-state index contributed by atoms with van der Waals surface area (Å²) in [4.78, 5) is 10.4. The lowest BCUT2D eigenvalue weighted by molar-refractivity contribution is -0.105. The van der Waals surface area contributed by atoms with Crippen molar-refractivity contribution in [3.63, 3.8) is 0 Å². The Kier molecular flexibility index (Phi) is 2.32. The van der Waals surface area contributed by atoms with Crippen molar-refractivity contribution in [1.29, 1.82) is 0 Å². The van der Waals surface area contributed by atoms with Crippen LogP contribution in [-0.2, 0) is 4.79 Å². The number of carbonyl (C=O) groups excluding carboxylic acids is 1. The van der Waals surface area contributed by atoms with Crippen LogP contribution < -0.4 is 22.1 Å². The Labute approximate surface area is 64.8 Å². The summed E-state index contributed by atoms with van der Waals surface area (Å²) in [7, 11) is 0. The fourth-order valence-electron chi connectivity index (χ4n) is 0.917. The first-order valence-electron chi connectivity index (χ1n) is 3.43. The molecule has 5 nitrogen and oxygen atoms in total. The van der Waals surface area contributed by atoms with Gasteiger partial charge in [-0.15, -0.1) is 0 Å². The average Bonchev–Trinajstić information content (AvgIpc) is 2.05. The molecule has 1 unspecified atom stereocenters. The van der Waals surface area contributed by atoms with Gasteiger partial charge in [0.25, 0.3) is 0 Å². The number of rotatable bonds is 2. The maximum atomic E-state index is 10.4. The maximum absolute atomic E-state index is 10.4. The lowest BCUT2D eigenvalue weighted by Crippen LogP contribution is -2.50. The molecule has 6 N–H and O–H groups in total. The lowest BCUT2D eigenvalue weighted by atomic mass is 10.2. The van der Waals surface area contributed by atoms with Crippen molar-refractivity contribution in [2.24, 2.45) is 11.5 Å². The highest BCUT2D eigenvalue weighted by Gasteiger charge is 2.15. The van der Waals surface area contributed by atoms with Crippen LogP contribution >= 0.6 is 0 Å². The van der Waals surface area contributed by atoms with Gasteiger partial charge >= 0.3 is 0 Å². The average molecular weight is 156 g/mol. The zero-order chi connectivity index (χ0) is 8.27. The molecule has 0 aromatic heterocycles. The molecule has 1 heterocycles. The third-order valence-electron chi connectivity index (χ3n) is 1.59. The summed E-state index contributed by atoms with van der Waals surface area (Å²) in [5, 5.41) is 5.77. The second-order valence-electron chi connectivity index (χ2n) is 2.40. The van der Waals surface area contributed by atoms with E-state index in [1.807, 2.05) is 0 Å². The Morgan fingerprint density at radius 3 is 3.00 bits per heavy atom. The minimum Gasteiger partial charge on any atom is -0.384 e. The molecular weight excluding hydrogens is 144 g/mol. The highest BCUT2D eigenvalue weighted by Crippen LogP contribution is 1.96. The first kappa shape index (κ1) is 7.87. The third kappa shape index (κ3) is 1.62. The maximum Gasteiger partial charge on any atom is 0.169 e. The number of carbonyl (C=O) groups is 1. The number of hydrogen-bond acceptors (Lipinski definition) is 5. The monoisotopic (exact) mass is 156 g/mol. The van der Waals surface area contributed by atoms with E-state index in [-0.39, 0.29) is 6.04 Å². The summed E-state index contributed by atoms with van der Waals surface area (Å²) in [5.41, 5.74) is 11.2. The molecule has 1 aliphatic heterocycles. The largest absolute Gasteiger partial charge is 0.384 e. The van der Waals surface area contributed by atoms with Crippen molar-refractivity contribution >= 4 is 6.29 Å². The van der Waals surface area contributed by atoms with Crippen LogP contribution in [0.2, 0.25) is 0 Å². The molecule has 1 aliphatic rings. The first-order chi connectivity index (χ1) is 5.27. The van der Waals surface area contributed by atoms with E-state index in [1.54, 1.807) is 0 Å². The quantitative estimate of drug-likeness (QED) is 0.341. The molecule has 62 valence electrons. The zero-order valence-electron chi connectivity index (χ0n) is 6.13. The van der Waals surface area contributed by atoms with Crippen LogP contribution in [0.25, 0.3) is 0 Å². The SMILES string of the molecule is NCC1CNC(N)=C(C=O)N1. The topological polar surface area (TPSA) is 93.2 Å². The van der Waals surface area contributed by atoms with Crippen LogP contribution in [0.4, 0.5) is 0 Å². The minimum atomic E-state index is 0.0995. The Morgan fingerprint density at radius 2 is 2.45 bits per heavy atom. The van der Waals surface area contributed by atoms with Crippen LogP contribution in [0.15, 0.2) is 11.5 Å². The van der Waals surface area contributed by atoms with E-state index in [1.165, 1.54) is 0 Å². The molecule has 0 radical (unpaired) electrons. The lowest BCUT2D eigenvalue weighted by Gasteiger charge is -2.25. The number of aldehydes is 1. The predicted molar refractivity (Wildman–Crippen MR) is 41.3 cm³/mol. The van der Waals surface area contributed by atoms with Crippen molar-refractivity contribution < 1.29 is 4.79 Å². The van der Waals surface area contributed by atoms with Crippen LogP contribution in [-0.4, -0.2) is 25.4 Å². The summed E-state index contributed by atoms with van der Waals surface area (Å²) in [6.07, 6.45) is 0.685. The van der Waals surface area contributed by atoms with Gasteiger partial charge in [0.05, 0.1) is 6.04 Å². The van der Waals surface area contributed by atoms with Crippen LogP contribution in [0, 0.1) is 0 Å². The molecule has 1 atom stereocenters. The van der Waals surface area contributed by atoms with E-state index in [0.29, 0.717) is 30.9 Å². The van der Waals surface area contributed by atoms with Crippen molar-refractivity contribution in [2.75, 3.05) is 13.1 Å². The molecule has 0 saturated heterocycles. The van der Waals surface area contributed by atoms with Crippen LogP contribution in [0.5, 0.6) is 0 Å². The van der Waals surface area contributed by atoms with Gasteiger partial charge in [0.1, 0.15) is 11.5 Å². The van der Waals surface area contributed by atoms with Gasteiger partial charge in [-0.25, -0.2) is 0 Å². The summed E-state index contributed by atoms with van der Waals surface area (Å²) in [6, 6.07) is 0.0995. The molecule has 1 rings (SSSR count). The van der Waals surface area contributed by atoms with Crippen molar-refractivity contribution in [3.8, 4) is 0 Å². The molecule has 0 bridgehead atoms. The van der Waals surface area contributed by atoms with Gasteiger partial charge < -0.3 is 22.1 Å². The highest BCUT2D eigenvalue weighted by molar-refractivity contribution is 5.73. The Morgan fingerprint density at radius 1 is 1.73 bits per heavy atom. The molecule has 0 aromatic carbocycles. The van der Waals surface area contributed by atoms with Gasteiger partial charge in [0.2, 0.25) is 0 Å². The fourth-order valence-corrected chi connectivity index (χ4v) is 0.917. The summed E-state index contributed by atoms with van der Waals surface area (Å²) in [6.45, 7) is 1.15. The Hall–Kier alpha value is -1.23. The molecule has 0 saturated carbocycles. The third-order valence-corrected chi connectivity index (χ3v) is 1.59. The van der Waals surface area contributed by atoms with Crippen molar-refractivity contribution in [2.45, 2.75) is 6.04 Å². The zero-order valence-corrected chi connectivity index (χ0v) is 6.13. The van der Waals surface area contributed by atoms with Crippen molar-refractivity contribution in [3.05, 3.63) is 11.5 Å². The summed E-state index contributed by atoms with van der Waals surface area (Å²) in [5.74, 6) is 0.393. The highest BCUT2D eigenvalue weighted by atomic mass is 16.1. The van der Waals surface area contributed by atoms with Gasteiger partial charge in [0, 0.05) is 13.1 Å². The molecule has 0 aromatic rings. The molecule has 0 amide bonds. The molecule has 11 heavy (non-hydrogen) atoms. The number of allylic oxidation sites excluding steroid dienone is 1. The summed E-state index contributed by atoms with van der Waals surface area (Å²) < 4.78 is 0. The van der Waals surface area contributed by atoms with E-state index in [0.717, 1.165) is 0 Å². The van der Waals surface area contributed by atoms with Crippen molar-refractivity contribution in [1.82, 2.24) is 10.6 Å². The predicted octanol–water partition coefficient (Wildman–Crippen LogP) is -2.17. The summed E-state index contributed by atoms with van der Waals surface area (Å²) >= 11 is 0. The molecular formula is C6H12N4O. The second-order valence-corrected chi connectivity index (χ2v) is 2.40. The molecule has 0 spiro atoms. The number of nitrogens with two attached hydrogens (primary N) is 2. The first-order valence-corrected chi connectivity index (χ1v) is 3.43. The van der Waals surface area contributed by atoms with Gasteiger partial charge in [0.15, 0.2) is 6.29 Å². The number of hydrogen-bond donors (Lipinski definition) is 4. The van der Waals surface area contributed by atoms with E-state index in [9.17, 15) is 4.79 Å². The van der Waals surface area contributed by atoms with E-state index in [4.69, 9.17) is 11.5 Å². The Bertz CT molecular complexity index is 189. The normalized spacial score (nSPS) is 23.9. The van der Waals surface area contributed by atoms with E-state index >= 15 is 0 Å². The minimum absolute atomic E-state index is 0.0995. The van der Waals surface area contributed by atoms with Gasteiger partial charge in [-0.05, 0) is 0 Å². The Balaban J connectivity index is 2.65. The van der Waals surface area contributed by atoms with E-state index < -0.39 is 0 Å². The molecule has 0 fully saturated rings. The van der Waals surface area contributed by atoms with Gasteiger partial charge in [-0.3, -0.25) is 4.79 Å². The standard InChI is InChI=1S/C6H12N4O/c7-1-4-2-9-6(8)5(3-11)10-4/h3-4,9-10H,1-2,7-8H2. The van der Waals surface area contributed by atoms with E-state index in [2.05, 4.69) is 10.6 Å². The smallest absolute Gasteiger partial charge is 0.169 e. The fraction of sp³-hybridized carbons (Fsp3) is 0.500. The van der Waals surface area contributed by atoms with Crippen LogP contribution in [0.3, 0.4) is 0 Å². The second kappa shape index (κ2) is 3.25. The van der Waals surface area contributed by atoms with Gasteiger partial charge in [-0.1, -0.05) is 0 Å². The molecule has 5 heteroatoms. The molecule has 0 aliphatic carbocycles.